The third-order valence-corrected chi connectivity index (χ3v) is 1.85. The molecule has 0 spiro atoms. The lowest BCUT2D eigenvalue weighted by atomic mass is 10.1. The number of aromatic amines is 1. The minimum atomic E-state index is -1.38. The molecule has 2 N–H and O–H groups in total. The van der Waals surface area contributed by atoms with E-state index in [1.807, 2.05) is 13.8 Å². The first-order valence-electron chi connectivity index (χ1n) is 3.92. The molecule has 0 saturated heterocycles. The highest BCUT2D eigenvalue weighted by atomic mass is 16.4. The van der Waals surface area contributed by atoms with Gasteiger partial charge >= 0.3 is 5.97 Å². The number of aryl methyl sites for hydroxylation is 2. The lowest BCUT2D eigenvalue weighted by Crippen LogP contribution is -2.15. The summed E-state index contributed by atoms with van der Waals surface area (Å²) in [6.45, 7) is 3.68. The molecule has 0 unspecified atom stereocenters. The van der Waals surface area contributed by atoms with Gasteiger partial charge < -0.3 is 10.1 Å². The van der Waals surface area contributed by atoms with Crippen molar-refractivity contribution in [3.8, 4) is 0 Å². The number of carbonyl (C=O) groups is 2. The van der Waals surface area contributed by atoms with Gasteiger partial charge in [-0.2, -0.15) is 0 Å². The van der Waals surface area contributed by atoms with E-state index in [1.165, 1.54) is 0 Å². The van der Waals surface area contributed by atoms with Crippen LogP contribution in [0, 0.1) is 13.8 Å². The van der Waals surface area contributed by atoms with E-state index < -0.39 is 11.8 Å². The highest BCUT2D eigenvalue weighted by Crippen LogP contribution is 2.10. The van der Waals surface area contributed by atoms with Crippen molar-refractivity contribution in [2.45, 2.75) is 20.3 Å². The summed E-state index contributed by atoms with van der Waals surface area (Å²) in [6.07, 6.45) is -0.0362. The van der Waals surface area contributed by atoms with Gasteiger partial charge in [-0.1, -0.05) is 0 Å². The summed E-state index contributed by atoms with van der Waals surface area (Å²) in [4.78, 5) is 24.1. The number of carboxylic acids is 1. The maximum absolute atomic E-state index is 10.9. The summed E-state index contributed by atoms with van der Waals surface area (Å²) in [5.74, 6) is -2.15. The fourth-order valence-corrected chi connectivity index (χ4v) is 1.21. The molecule has 0 radical (unpaired) electrons. The molecule has 0 aromatic carbocycles. The molecular formula is C9H11NO3. The summed E-state index contributed by atoms with van der Waals surface area (Å²) in [7, 11) is 0. The smallest absolute Gasteiger partial charge is 0.372 e. The van der Waals surface area contributed by atoms with Crippen LogP contribution in [-0.4, -0.2) is 21.8 Å². The van der Waals surface area contributed by atoms with E-state index in [0.29, 0.717) is 0 Å². The van der Waals surface area contributed by atoms with Crippen LogP contribution in [0.15, 0.2) is 6.07 Å². The highest BCUT2D eigenvalue weighted by Gasteiger charge is 2.14. The van der Waals surface area contributed by atoms with Gasteiger partial charge in [-0.25, -0.2) is 4.79 Å². The van der Waals surface area contributed by atoms with Gasteiger partial charge in [0, 0.05) is 17.8 Å². The van der Waals surface area contributed by atoms with Crippen molar-refractivity contribution in [2.24, 2.45) is 0 Å². The Balaban J connectivity index is 2.80. The van der Waals surface area contributed by atoms with Crippen LogP contribution in [0.5, 0.6) is 0 Å². The number of Topliss-reactive ketones (excluding diaryl/α,β-unsaturated/α-hetero) is 1. The van der Waals surface area contributed by atoms with Gasteiger partial charge in [0.15, 0.2) is 0 Å². The fourth-order valence-electron chi connectivity index (χ4n) is 1.21. The van der Waals surface area contributed by atoms with E-state index in [-0.39, 0.29) is 6.42 Å². The maximum atomic E-state index is 10.9. The van der Waals surface area contributed by atoms with Crippen LogP contribution in [0.3, 0.4) is 0 Å². The van der Waals surface area contributed by atoms with Crippen molar-refractivity contribution < 1.29 is 14.7 Å². The molecule has 1 rings (SSSR count). The number of aromatic nitrogens is 1. The monoisotopic (exact) mass is 181 g/mol. The zero-order chi connectivity index (χ0) is 10.0. The van der Waals surface area contributed by atoms with Gasteiger partial charge in [0.1, 0.15) is 0 Å². The minimum absolute atomic E-state index is 0.0362. The Bertz CT molecular complexity index is 352. The summed E-state index contributed by atoms with van der Waals surface area (Å²) in [5, 5.41) is 8.38. The summed E-state index contributed by atoms with van der Waals surface area (Å²) < 4.78 is 0. The molecule has 0 bridgehead atoms. The molecule has 4 nitrogen and oxygen atoms in total. The van der Waals surface area contributed by atoms with Crippen LogP contribution < -0.4 is 0 Å². The Morgan fingerprint density at radius 2 is 2.08 bits per heavy atom. The van der Waals surface area contributed by atoms with Crippen molar-refractivity contribution in [3.05, 3.63) is 23.0 Å². The van der Waals surface area contributed by atoms with Gasteiger partial charge in [0.05, 0.1) is 0 Å². The van der Waals surface area contributed by atoms with Crippen molar-refractivity contribution in [3.63, 3.8) is 0 Å². The molecule has 0 saturated carbocycles. The number of hydrogen-bond donors (Lipinski definition) is 2. The van der Waals surface area contributed by atoms with Gasteiger partial charge in [0.25, 0.3) is 0 Å². The third-order valence-electron chi connectivity index (χ3n) is 1.85. The van der Waals surface area contributed by atoms with Crippen molar-refractivity contribution in [1.29, 1.82) is 0 Å². The predicted molar refractivity (Wildman–Crippen MR) is 46.6 cm³/mol. The molecule has 0 amide bonds. The lowest BCUT2D eigenvalue weighted by Gasteiger charge is -1.94. The molecule has 0 atom stereocenters. The number of rotatable bonds is 3. The van der Waals surface area contributed by atoms with E-state index in [0.717, 1.165) is 17.0 Å². The molecule has 1 aromatic rings. The fraction of sp³-hybridized carbons (Fsp3) is 0.333. The quantitative estimate of drug-likeness (QED) is 0.678. The van der Waals surface area contributed by atoms with Crippen molar-refractivity contribution in [2.75, 3.05) is 0 Å². The zero-order valence-electron chi connectivity index (χ0n) is 7.55. The molecule has 13 heavy (non-hydrogen) atoms. The normalized spacial score (nSPS) is 10.0. The van der Waals surface area contributed by atoms with E-state index in [9.17, 15) is 9.59 Å². The standard InChI is InChI=1S/C9H11NO3/c1-5-3-7(6(2)10-5)4-8(11)9(12)13/h3,10H,4H2,1-2H3,(H,12,13). The topological polar surface area (TPSA) is 70.2 Å². The summed E-state index contributed by atoms with van der Waals surface area (Å²) in [5.41, 5.74) is 2.54. The number of carboxylic acid groups (broad SMARTS) is 1. The van der Waals surface area contributed by atoms with Crippen LogP contribution in [0.2, 0.25) is 0 Å². The average molecular weight is 181 g/mol. The van der Waals surface area contributed by atoms with Crippen LogP contribution in [0.1, 0.15) is 17.0 Å². The van der Waals surface area contributed by atoms with E-state index in [4.69, 9.17) is 5.11 Å². The first kappa shape index (κ1) is 9.51. The second-order valence-electron chi connectivity index (χ2n) is 3.01. The Morgan fingerprint density at radius 3 is 2.46 bits per heavy atom. The lowest BCUT2D eigenvalue weighted by molar-refractivity contribution is -0.148. The van der Waals surface area contributed by atoms with Gasteiger partial charge in [-0.05, 0) is 25.5 Å². The number of nitrogens with one attached hydrogen (secondary N) is 1. The predicted octanol–water partition coefficient (Wildman–Crippen LogP) is 0.828. The zero-order valence-corrected chi connectivity index (χ0v) is 7.55. The Hall–Kier alpha value is -1.58. The molecule has 0 aliphatic carbocycles. The van der Waals surface area contributed by atoms with Crippen molar-refractivity contribution >= 4 is 11.8 Å². The summed E-state index contributed by atoms with van der Waals surface area (Å²) >= 11 is 0. The van der Waals surface area contributed by atoms with Gasteiger partial charge in [-0.15, -0.1) is 0 Å². The molecule has 0 aliphatic heterocycles. The van der Waals surface area contributed by atoms with Crippen LogP contribution in [0.25, 0.3) is 0 Å². The second kappa shape index (κ2) is 3.43. The van der Waals surface area contributed by atoms with Gasteiger partial charge in [-0.3, -0.25) is 4.79 Å². The number of ketones is 1. The summed E-state index contributed by atoms with van der Waals surface area (Å²) in [6, 6.07) is 1.79. The molecule has 70 valence electrons. The number of H-pyrrole nitrogens is 1. The molecule has 4 heteroatoms. The van der Waals surface area contributed by atoms with Crippen LogP contribution >= 0.6 is 0 Å². The Morgan fingerprint density at radius 1 is 1.46 bits per heavy atom. The number of hydrogen-bond acceptors (Lipinski definition) is 2. The first-order chi connectivity index (χ1) is 6.00. The largest absolute Gasteiger partial charge is 0.475 e. The molecule has 0 aliphatic rings. The molecule has 1 heterocycles. The average Bonchev–Trinajstić information content (AvgIpc) is 2.30. The molecular weight excluding hydrogens is 170 g/mol. The van der Waals surface area contributed by atoms with Gasteiger partial charge in [0.2, 0.25) is 5.78 Å². The molecule has 1 aromatic heterocycles. The maximum Gasteiger partial charge on any atom is 0.372 e. The van der Waals surface area contributed by atoms with Crippen LogP contribution in [-0.2, 0) is 16.0 Å². The van der Waals surface area contributed by atoms with Crippen molar-refractivity contribution in [1.82, 2.24) is 4.98 Å². The Labute approximate surface area is 75.6 Å². The highest BCUT2D eigenvalue weighted by molar-refractivity contribution is 6.33. The number of carbonyl (C=O) groups excluding carboxylic acids is 1. The minimum Gasteiger partial charge on any atom is -0.475 e. The van der Waals surface area contributed by atoms with Crippen LogP contribution in [0.4, 0.5) is 0 Å². The van der Waals surface area contributed by atoms with E-state index in [1.54, 1.807) is 6.07 Å². The molecule has 0 fully saturated rings. The third kappa shape index (κ3) is 2.18. The first-order valence-corrected chi connectivity index (χ1v) is 3.92. The number of aliphatic carboxylic acids is 1. The van der Waals surface area contributed by atoms with E-state index in [2.05, 4.69) is 4.98 Å². The SMILES string of the molecule is Cc1cc(CC(=O)C(=O)O)c(C)[nH]1. The van der Waals surface area contributed by atoms with E-state index >= 15 is 0 Å². The second-order valence-corrected chi connectivity index (χ2v) is 3.01. The Kier molecular flexibility index (Phi) is 2.51.